The molecule has 8 heteroatoms. The summed E-state index contributed by atoms with van der Waals surface area (Å²) in [6.45, 7) is -0.0131. The van der Waals surface area contributed by atoms with E-state index >= 15 is 0 Å². The summed E-state index contributed by atoms with van der Waals surface area (Å²) >= 11 is 0. The molecule has 1 saturated heterocycles. The van der Waals surface area contributed by atoms with Crippen molar-refractivity contribution in [3.05, 3.63) is 59.2 Å². The molecule has 1 aliphatic rings. The summed E-state index contributed by atoms with van der Waals surface area (Å²) < 4.78 is 33.6. The van der Waals surface area contributed by atoms with Crippen LogP contribution in [0.2, 0.25) is 0 Å². The van der Waals surface area contributed by atoms with E-state index in [1.54, 1.807) is 24.3 Å². The lowest BCUT2D eigenvalue weighted by molar-refractivity contribution is -0.120. The highest BCUT2D eigenvalue weighted by atomic mass is 19.1. The summed E-state index contributed by atoms with van der Waals surface area (Å²) in [5, 5.41) is 7.54. The number of urea groups is 1. The summed E-state index contributed by atoms with van der Waals surface area (Å²) in [5.74, 6) is -0.667. The molecule has 0 saturated carbocycles. The van der Waals surface area contributed by atoms with Crippen molar-refractivity contribution in [3.63, 3.8) is 0 Å². The monoisotopic (exact) mass is 385 g/mol. The van der Waals surface area contributed by atoms with Crippen molar-refractivity contribution in [2.24, 2.45) is 0 Å². The van der Waals surface area contributed by atoms with Gasteiger partial charge in [0.1, 0.15) is 23.4 Å². The van der Waals surface area contributed by atoms with Gasteiger partial charge in [-0.15, -0.1) is 6.42 Å². The van der Waals surface area contributed by atoms with E-state index < -0.39 is 35.5 Å². The van der Waals surface area contributed by atoms with Gasteiger partial charge < -0.3 is 20.7 Å². The first-order chi connectivity index (χ1) is 13.4. The molecule has 3 amide bonds. The van der Waals surface area contributed by atoms with Crippen LogP contribution < -0.4 is 20.7 Å². The van der Waals surface area contributed by atoms with Crippen LogP contribution in [0.15, 0.2) is 36.4 Å². The van der Waals surface area contributed by atoms with E-state index in [1.807, 2.05) is 0 Å². The minimum Gasteiger partial charge on any atom is -0.497 e. The Kier molecular flexibility index (Phi) is 5.45. The van der Waals surface area contributed by atoms with E-state index in [2.05, 4.69) is 21.9 Å². The summed E-state index contributed by atoms with van der Waals surface area (Å²) in [5.41, 5.74) is 0.808. The lowest BCUT2D eigenvalue weighted by atomic mass is 9.93. The van der Waals surface area contributed by atoms with E-state index in [4.69, 9.17) is 11.2 Å². The summed E-state index contributed by atoms with van der Waals surface area (Å²) in [7, 11) is 1.29. The molecule has 6 nitrogen and oxygen atoms in total. The zero-order chi connectivity index (χ0) is 20.3. The lowest BCUT2D eigenvalue weighted by Crippen LogP contribution is -2.45. The van der Waals surface area contributed by atoms with Crippen LogP contribution >= 0.6 is 0 Å². The van der Waals surface area contributed by atoms with Crippen LogP contribution in [0.1, 0.15) is 17.0 Å². The van der Waals surface area contributed by atoms with Gasteiger partial charge in [0.2, 0.25) is 5.91 Å². The van der Waals surface area contributed by atoms with Crippen LogP contribution in [0.25, 0.3) is 0 Å². The van der Waals surface area contributed by atoms with Crippen molar-refractivity contribution in [2.45, 2.75) is 12.0 Å². The van der Waals surface area contributed by atoms with Crippen LogP contribution in [0.5, 0.6) is 5.75 Å². The number of ether oxygens (including phenoxy) is 1. The molecule has 3 rings (SSSR count). The fourth-order valence-electron chi connectivity index (χ4n) is 3.05. The largest absolute Gasteiger partial charge is 0.497 e. The highest BCUT2D eigenvalue weighted by Crippen LogP contribution is 2.31. The van der Waals surface area contributed by atoms with Crippen molar-refractivity contribution < 1.29 is 23.1 Å². The Morgan fingerprint density at radius 2 is 1.89 bits per heavy atom. The van der Waals surface area contributed by atoms with Crippen molar-refractivity contribution in [1.29, 1.82) is 0 Å². The molecule has 144 valence electrons. The molecule has 0 radical (unpaired) electrons. The first kappa shape index (κ1) is 19.2. The molecule has 0 unspecified atom stereocenters. The van der Waals surface area contributed by atoms with E-state index in [0.29, 0.717) is 11.3 Å². The van der Waals surface area contributed by atoms with E-state index in [9.17, 15) is 18.4 Å². The maximum absolute atomic E-state index is 14.4. The topological polar surface area (TPSA) is 79.5 Å². The molecule has 28 heavy (non-hydrogen) atoms. The quantitative estimate of drug-likeness (QED) is 0.707. The normalized spacial score (nSPS) is 18.1. The minimum absolute atomic E-state index is 0.0131. The first-order valence-corrected chi connectivity index (χ1v) is 8.37. The highest BCUT2D eigenvalue weighted by molar-refractivity contribution is 5.95. The van der Waals surface area contributed by atoms with Gasteiger partial charge in [0.15, 0.2) is 0 Å². The number of amides is 3. The van der Waals surface area contributed by atoms with Gasteiger partial charge in [-0.2, -0.15) is 0 Å². The van der Waals surface area contributed by atoms with Gasteiger partial charge in [-0.1, -0.05) is 5.92 Å². The predicted octanol–water partition coefficient (Wildman–Crippen LogP) is 2.36. The summed E-state index contributed by atoms with van der Waals surface area (Å²) in [6, 6.07) is 6.73. The van der Waals surface area contributed by atoms with E-state index in [-0.39, 0.29) is 17.9 Å². The number of hydrogen-bond acceptors (Lipinski definition) is 3. The SMILES string of the molecule is C#Cc1ccc(NC(=O)N[C@@H]2C(=O)NC[C@H]2c2c(F)cc(OC)cc2F)cc1. The molecule has 0 aliphatic carbocycles. The van der Waals surface area contributed by atoms with Gasteiger partial charge in [-0.05, 0) is 24.3 Å². The Labute approximate surface area is 160 Å². The molecule has 2 aromatic rings. The lowest BCUT2D eigenvalue weighted by Gasteiger charge is -2.20. The molecule has 1 heterocycles. The van der Waals surface area contributed by atoms with Gasteiger partial charge in [0.05, 0.1) is 7.11 Å². The third-order valence-electron chi connectivity index (χ3n) is 4.44. The van der Waals surface area contributed by atoms with Gasteiger partial charge in [0.25, 0.3) is 0 Å². The number of carbonyl (C=O) groups excluding carboxylic acids is 2. The second kappa shape index (κ2) is 7.96. The number of rotatable bonds is 4. The Hall–Kier alpha value is -3.60. The molecular weight excluding hydrogens is 368 g/mol. The Morgan fingerprint density at radius 1 is 1.25 bits per heavy atom. The fraction of sp³-hybridized carbons (Fsp3) is 0.200. The zero-order valence-electron chi connectivity index (χ0n) is 14.9. The van der Waals surface area contributed by atoms with Crippen LogP contribution in [0.4, 0.5) is 19.3 Å². The number of halogens is 2. The van der Waals surface area contributed by atoms with Crippen LogP contribution in [0.3, 0.4) is 0 Å². The van der Waals surface area contributed by atoms with Gasteiger partial charge in [-0.3, -0.25) is 4.79 Å². The van der Waals surface area contributed by atoms with Crippen molar-refractivity contribution in [1.82, 2.24) is 10.6 Å². The van der Waals surface area contributed by atoms with Crippen molar-refractivity contribution in [2.75, 3.05) is 19.0 Å². The second-order valence-electron chi connectivity index (χ2n) is 6.15. The minimum atomic E-state index is -1.14. The molecule has 3 N–H and O–H groups in total. The van der Waals surface area contributed by atoms with Gasteiger partial charge >= 0.3 is 6.03 Å². The Morgan fingerprint density at radius 3 is 2.46 bits per heavy atom. The third-order valence-corrected chi connectivity index (χ3v) is 4.44. The average Bonchev–Trinajstić information content (AvgIpc) is 3.02. The van der Waals surface area contributed by atoms with Crippen molar-refractivity contribution >= 4 is 17.6 Å². The Balaban J connectivity index is 1.77. The molecule has 1 fully saturated rings. The molecule has 2 aromatic carbocycles. The standard InChI is InChI=1S/C20H17F2N3O3/c1-3-11-4-6-12(7-5-11)24-20(27)25-18-14(10-23-19(18)26)17-15(21)8-13(28-2)9-16(17)22/h1,4-9,14,18H,10H2,2H3,(H,23,26)(H2,24,25,27)/t14-,18-/m0/s1. The number of anilines is 1. The van der Waals surface area contributed by atoms with Crippen molar-refractivity contribution in [3.8, 4) is 18.1 Å². The third kappa shape index (κ3) is 3.88. The number of hydrogen-bond donors (Lipinski definition) is 3. The molecule has 2 atom stereocenters. The number of terminal acetylenes is 1. The molecule has 0 aromatic heterocycles. The average molecular weight is 385 g/mol. The number of methoxy groups -OCH3 is 1. The summed E-state index contributed by atoms with van der Waals surface area (Å²) in [4.78, 5) is 24.4. The second-order valence-corrected chi connectivity index (χ2v) is 6.15. The van der Waals surface area contributed by atoms with Crippen LogP contribution in [0, 0.1) is 24.0 Å². The maximum atomic E-state index is 14.4. The van der Waals surface area contributed by atoms with Gasteiger partial charge in [0, 0.05) is 41.4 Å². The molecular formula is C20H17F2N3O3. The smallest absolute Gasteiger partial charge is 0.319 e. The van der Waals surface area contributed by atoms with Crippen LogP contribution in [-0.2, 0) is 4.79 Å². The number of carbonyl (C=O) groups is 2. The van der Waals surface area contributed by atoms with E-state index in [0.717, 1.165) is 12.1 Å². The van der Waals surface area contributed by atoms with Crippen LogP contribution in [-0.4, -0.2) is 31.6 Å². The maximum Gasteiger partial charge on any atom is 0.319 e. The Bertz CT molecular complexity index is 931. The zero-order valence-corrected chi connectivity index (χ0v) is 14.9. The fourth-order valence-corrected chi connectivity index (χ4v) is 3.05. The summed E-state index contributed by atoms with van der Waals surface area (Å²) in [6.07, 6.45) is 5.28. The first-order valence-electron chi connectivity index (χ1n) is 8.37. The molecule has 1 aliphatic heterocycles. The number of benzene rings is 2. The predicted molar refractivity (Wildman–Crippen MR) is 99.0 cm³/mol. The highest BCUT2D eigenvalue weighted by Gasteiger charge is 2.40. The van der Waals surface area contributed by atoms with Gasteiger partial charge in [-0.25, -0.2) is 13.6 Å². The number of nitrogens with one attached hydrogen (secondary N) is 3. The molecule has 0 bridgehead atoms. The van der Waals surface area contributed by atoms with E-state index in [1.165, 1.54) is 7.11 Å². The molecule has 0 spiro atoms.